The van der Waals surface area contributed by atoms with Gasteiger partial charge in [0, 0.05) is 51.8 Å². The summed E-state index contributed by atoms with van der Waals surface area (Å²) in [5.41, 5.74) is 4.46. The summed E-state index contributed by atoms with van der Waals surface area (Å²) in [6.45, 7) is 2.04. The molecular formula is C21H15FN3O2Pt-. The van der Waals surface area contributed by atoms with Gasteiger partial charge in [-0.1, -0.05) is 23.6 Å². The van der Waals surface area contributed by atoms with Crippen molar-refractivity contribution in [3.05, 3.63) is 72.1 Å². The minimum Gasteiger partial charge on any atom is -0.477 e. The van der Waals surface area contributed by atoms with Gasteiger partial charge >= 0.3 is 5.97 Å². The number of carboxylic acid groups (broad SMARTS) is 1. The molecule has 2 aromatic carbocycles. The first-order valence-electron chi connectivity index (χ1n) is 8.29. The largest absolute Gasteiger partial charge is 0.477 e. The van der Waals surface area contributed by atoms with Crippen LogP contribution in [0.15, 0.2) is 48.7 Å². The van der Waals surface area contributed by atoms with E-state index in [1.165, 1.54) is 22.0 Å². The number of benzene rings is 2. The Morgan fingerprint density at radius 3 is 2.71 bits per heavy atom. The van der Waals surface area contributed by atoms with E-state index in [9.17, 15) is 9.18 Å². The molecule has 0 amide bonds. The van der Waals surface area contributed by atoms with Crippen molar-refractivity contribution in [1.82, 2.24) is 14.5 Å². The number of halogens is 1. The van der Waals surface area contributed by atoms with Gasteiger partial charge in [-0.05, 0) is 18.6 Å². The molecule has 2 aromatic heterocycles. The Hall–Kier alpha value is -2.85. The van der Waals surface area contributed by atoms with Crippen LogP contribution in [0.1, 0.15) is 16.3 Å². The Morgan fingerprint density at radius 2 is 2.04 bits per heavy atom. The molecule has 0 atom stereocenters. The average Bonchev–Trinajstić information content (AvgIpc) is 3.13. The molecule has 0 unspecified atom stereocenters. The number of hydrogen-bond acceptors (Lipinski definition) is 3. The SMILES string of the molecule is Cc1nc2c(n1C)-c1cccc3cc[c-]c-2c13.O=C(O)c1cc(F)ccn1.[Pt]. The maximum atomic E-state index is 12.2. The van der Waals surface area contributed by atoms with Crippen LogP contribution < -0.4 is 0 Å². The van der Waals surface area contributed by atoms with Crippen LogP contribution in [0, 0.1) is 18.8 Å². The summed E-state index contributed by atoms with van der Waals surface area (Å²) in [6, 6.07) is 15.8. The molecule has 0 bridgehead atoms. The zero-order valence-electron chi connectivity index (χ0n) is 15.0. The van der Waals surface area contributed by atoms with E-state index in [0.717, 1.165) is 35.4 Å². The molecule has 4 aromatic rings. The maximum absolute atomic E-state index is 12.2. The first kappa shape index (κ1) is 19.9. The van der Waals surface area contributed by atoms with Crippen LogP contribution in [-0.2, 0) is 28.1 Å². The van der Waals surface area contributed by atoms with Crippen molar-refractivity contribution in [3.8, 4) is 22.5 Å². The van der Waals surface area contributed by atoms with Crippen LogP contribution in [0.5, 0.6) is 0 Å². The molecule has 5 rings (SSSR count). The number of nitrogens with zero attached hydrogens (tertiary/aromatic N) is 3. The minimum absolute atomic E-state index is 0. The third-order valence-corrected chi connectivity index (χ3v) is 4.59. The van der Waals surface area contributed by atoms with Crippen molar-refractivity contribution in [2.45, 2.75) is 6.92 Å². The van der Waals surface area contributed by atoms with Crippen molar-refractivity contribution in [2.24, 2.45) is 7.05 Å². The first-order valence-corrected chi connectivity index (χ1v) is 8.29. The summed E-state index contributed by atoms with van der Waals surface area (Å²) in [6.07, 6.45) is 1.11. The fourth-order valence-electron chi connectivity index (χ4n) is 3.27. The Kier molecular flexibility index (Phi) is 5.43. The average molecular weight is 555 g/mol. The monoisotopic (exact) mass is 555 g/mol. The smallest absolute Gasteiger partial charge is 0.354 e. The van der Waals surface area contributed by atoms with E-state index in [1.807, 2.05) is 13.0 Å². The number of rotatable bonds is 1. The molecule has 0 aliphatic heterocycles. The molecular weight excluding hydrogens is 540 g/mol. The van der Waals surface area contributed by atoms with Gasteiger partial charge in [0.2, 0.25) is 0 Å². The summed E-state index contributed by atoms with van der Waals surface area (Å²) in [5, 5.41) is 10.8. The molecule has 0 fully saturated rings. The molecule has 7 heteroatoms. The molecule has 1 aliphatic rings. The zero-order chi connectivity index (χ0) is 19.1. The first-order chi connectivity index (χ1) is 13.0. The molecule has 0 radical (unpaired) electrons. The van der Waals surface area contributed by atoms with Gasteiger partial charge in [-0.3, -0.25) is 4.98 Å². The van der Waals surface area contributed by atoms with Crippen LogP contribution in [-0.4, -0.2) is 25.6 Å². The minimum atomic E-state index is -1.22. The van der Waals surface area contributed by atoms with Gasteiger partial charge in [-0.2, -0.15) is 0 Å². The predicted octanol–water partition coefficient (Wildman–Crippen LogP) is 4.25. The standard InChI is InChI=1S/C15H11N2.C6H4FNO2.Pt/c1-9-16-14-11-7-3-5-10-6-4-8-12(13(10)11)15(14)17(9)2;7-4-1-2-8-5(3-4)6(9)10;/h3-6,8H,1-2H3;1-3H,(H,9,10);/q-1;;. The van der Waals surface area contributed by atoms with Crippen molar-refractivity contribution in [1.29, 1.82) is 0 Å². The molecule has 2 heterocycles. The number of carbonyl (C=O) groups is 1. The third kappa shape index (κ3) is 3.25. The number of carboxylic acids is 1. The maximum Gasteiger partial charge on any atom is 0.354 e. The normalized spacial score (nSPS) is 10.7. The van der Waals surface area contributed by atoms with Crippen LogP contribution >= 0.6 is 0 Å². The van der Waals surface area contributed by atoms with Crippen molar-refractivity contribution >= 4 is 16.7 Å². The quantitative estimate of drug-likeness (QED) is 0.314. The van der Waals surface area contributed by atoms with E-state index >= 15 is 0 Å². The van der Waals surface area contributed by atoms with E-state index in [-0.39, 0.29) is 26.8 Å². The Morgan fingerprint density at radius 1 is 1.25 bits per heavy atom. The molecule has 0 saturated carbocycles. The fraction of sp³-hybridized carbons (Fsp3) is 0.0952. The Bertz CT molecular complexity index is 1200. The van der Waals surface area contributed by atoms with Crippen LogP contribution in [0.25, 0.3) is 33.3 Å². The molecule has 1 N–H and O–H groups in total. The number of aryl methyl sites for hydroxylation is 1. The number of imidazole rings is 1. The van der Waals surface area contributed by atoms with Gasteiger partial charge in [0.25, 0.3) is 0 Å². The van der Waals surface area contributed by atoms with Crippen molar-refractivity contribution in [3.63, 3.8) is 0 Å². The molecule has 0 spiro atoms. The summed E-state index contributed by atoms with van der Waals surface area (Å²) in [5.74, 6) is -0.762. The molecule has 0 saturated heterocycles. The van der Waals surface area contributed by atoms with Gasteiger partial charge in [0.05, 0.1) is 5.82 Å². The Balaban J connectivity index is 0.000000178. The predicted molar refractivity (Wildman–Crippen MR) is 99.9 cm³/mol. The topological polar surface area (TPSA) is 68.0 Å². The van der Waals surface area contributed by atoms with E-state index in [0.29, 0.717) is 0 Å². The molecule has 144 valence electrons. The number of pyridine rings is 1. The van der Waals surface area contributed by atoms with Gasteiger partial charge in [0.1, 0.15) is 5.82 Å². The second-order valence-electron chi connectivity index (χ2n) is 6.20. The second kappa shape index (κ2) is 7.64. The molecule has 5 nitrogen and oxygen atoms in total. The number of hydrogen-bond donors (Lipinski definition) is 1. The van der Waals surface area contributed by atoms with Crippen molar-refractivity contribution in [2.75, 3.05) is 0 Å². The third-order valence-electron chi connectivity index (χ3n) is 4.59. The van der Waals surface area contributed by atoms with Gasteiger partial charge in [-0.15, -0.1) is 29.1 Å². The van der Waals surface area contributed by atoms with Crippen LogP contribution in [0.3, 0.4) is 0 Å². The summed E-state index contributed by atoms with van der Waals surface area (Å²) in [7, 11) is 2.08. The fourth-order valence-corrected chi connectivity index (χ4v) is 3.27. The molecule has 28 heavy (non-hydrogen) atoms. The van der Waals surface area contributed by atoms with E-state index < -0.39 is 11.8 Å². The summed E-state index contributed by atoms with van der Waals surface area (Å²) >= 11 is 0. The van der Waals surface area contributed by atoms with E-state index in [4.69, 9.17) is 5.11 Å². The van der Waals surface area contributed by atoms with E-state index in [2.05, 4.69) is 51.9 Å². The van der Waals surface area contributed by atoms with Gasteiger partial charge in [-0.25, -0.2) is 14.2 Å². The van der Waals surface area contributed by atoms with E-state index in [1.54, 1.807) is 0 Å². The number of aromatic carboxylic acids is 1. The van der Waals surface area contributed by atoms with Gasteiger partial charge < -0.3 is 9.67 Å². The zero-order valence-corrected chi connectivity index (χ0v) is 17.3. The van der Waals surface area contributed by atoms with Crippen LogP contribution in [0.4, 0.5) is 4.39 Å². The second-order valence-corrected chi connectivity index (χ2v) is 6.20. The summed E-state index contributed by atoms with van der Waals surface area (Å²) in [4.78, 5) is 18.2. The van der Waals surface area contributed by atoms with Crippen LogP contribution in [0.2, 0.25) is 0 Å². The Labute approximate surface area is 175 Å². The van der Waals surface area contributed by atoms with Gasteiger partial charge in [0.15, 0.2) is 5.69 Å². The van der Waals surface area contributed by atoms with Crippen molar-refractivity contribution < 1.29 is 35.4 Å². The molecule has 1 aliphatic carbocycles. The number of fused-ring (bicyclic) bond motifs is 3. The number of aromatic nitrogens is 3. The summed E-state index contributed by atoms with van der Waals surface area (Å²) < 4.78 is 14.4.